The molecule has 26 heavy (non-hydrogen) atoms. The minimum Gasteiger partial charge on any atom is -0.479 e. The zero-order valence-corrected chi connectivity index (χ0v) is 15.2. The first-order chi connectivity index (χ1) is 12.4. The van der Waals surface area contributed by atoms with Crippen LogP contribution in [0.15, 0.2) is 53.4 Å². The van der Waals surface area contributed by atoms with Gasteiger partial charge in [-0.15, -0.1) is 0 Å². The lowest BCUT2D eigenvalue weighted by molar-refractivity contribution is -0.386. The molecule has 2 aromatic rings. The van der Waals surface area contributed by atoms with Crippen molar-refractivity contribution >= 4 is 15.7 Å². The molecule has 138 valence electrons. The van der Waals surface area contributed by atoms with Crippen molar-refractivity contribution in [1.29, 1.82) is 0 Å². The summed E-state index contributed by atoms with van der Waals surface area (Å²) in [6.45, 7) is 2.67. The average Bonchev–Trinajstić information content (AvgIpc) is 3.18. The predicted molar refractivity (Wildman–Crippen MR) is 96.6 cm³/mol. The van der Waals surface area contributed by atoms with Crippen LogP contribution < -0.4 is 4.74 Å². The van der Waals surface area contributed by atoms with Crippen molar-refractivity contribution in [2.75, 3.05) is 13.1 Å². The molecular formula is C18H20N2O5S. The van der Waals surface area contributed by atoms with E-state index in [1.165, 1.54) is 16.4 Å². The molecule has 0 unspecified atom stereocenters. The zero-order chi connectivity index (χ0) is 18.7. The van der Waals surface area contributed by atoms with Gasteiger partial charge in [0.25, 0.3) is 0 Å². The molecule has 0 amide bonds. The Kier molecular flexibility index (Phi) is 5.24. The number of benzene rings is 2. The minimum atomic E-state index is -3.72. The number of sulfonamides is 1. The lowest BCUT2D eigenvalue weighted by Crippen LogP contribution is -2.27. The van der Waals surface area contributed by atoms with Crippen LogP contribution in [-0.4, -0.2) is 30.7 Å². The van der Waals surface area contributed by atoms with Gasteiger partial charge in [-0.05, 0) is 37.5 Å². The molecule has 1 saturated heterocycles. The van der Waals surface area contributed by atoms with Crippen LogP contribution in [0.1, 0.15) is 31.4 Å². The molecule has 0 radical (unpaired) electrons. The van der Waals surface area contributed by atoms with E-state index in [0.717, 1.165) is 24.5 Å². The van der Waals surface area contributed by atoms with Crippen LogP contribution in [0.5, 0.6) is 5.75 Å². The number of nitro groups is 1. The van der Waals surface area contributed by atoms with E-state index in [4.69, 9.17) is 4.74 Å². The molecule has 1 atom stereocenters. The largest absolute Gasteiger partial charge is 0.479 e. The molecule has 7 nitrogen and oxygen atoms in total. The van der Waals surface area contributed by atoms with E-state index in [0.29, 0.717) is 13.1 Å². The van der Waals surface area contributed by atoms with Gasteiger partial charge in [0.15, 0.2) is 5.75 Å². The Balaban J connectivity index is 1.91. The first-order valence-electron chi connectivity index (χ1n) is 8.40. The zero-order valence-electron chi connectivity index (χ0n) is 14.4. The summed E-state index contributed by atoms with van der Waals surface area (Å²) in [5, 5.41) is 11.5. The highest BCUT2D eigenvalue weighted by Gasteiger charge is 2.30. The quantitative estimate of drug-likeness (QED) is 0.568. The van der Waals surface area contributed by atoms with Crippen molar-refractivity contribution in [1.82, 2.24) is 4.31 Å². The summed E-state index contributed by atoms with van der Waals surface area (Å²) >= 11 is 0. The molecule has 8 heteroatoms. The third kappa shape index (κ3) is 3.71. The van der Waals surface area contributed by atoms with E-state index in [-0.39, 0.29) is 16.3 Å². The van der Waals surface area contributed by atoms with Crippen molar-refractivity contribution in [2.45, 2.75) is 30.8 Å². The second-order valence-corrected chi connectivity index (χ2v) is 8.11. The Hall–Kier alpha value is -2.45. The number of rotatable bonds is 6. The molecule has 1 fully saturated rings. The lowest BCUT2D eigenvalue weighted by Gasteiger charge is -2.17. The molecule has 0 aliphatic carbocycles. The summed E-state index contributed by atoms with van der Waals surface area (Å²) in [4.78, 5) is 10.8. The minimum absolute atomic E-state index is 0.0479. The van der Waals surface area contributed by atoms with Gasteiger partial charge in [-0.25, -0.2) is 8.42 Å². The third-order valence-corrected chi connectivity index (χ3v) is 6.30. The van der Waals surface area contributed by atoms with Gasteiger partial charge in [0.1, 0.15) is 6.10 Å². The third-order valence-electron chi connectivity index (χ3n) is 4.40. The van der Waals surface area contributed by atoms with Crippen LogP contribution in [0.25, 0.3) is 0 Å². The summed E-state index contributed by atoms with van der Waals surface area (Å²) in [5.41, 5.74) is 0.517. The number of hydrogen-bond acceptors (Lipinski definition) is 5. The molecule has 3 rings (SSSR count). The maximum atomic E-state index is 12.6. The van der Waals surface area contributed by atoms with Gasteiger partial charge in [-0.2, -0.15) is 4.31 Å². The number of nitro benzene ring substituents is 1. The average molecular weight is 376 g/mol. The van der Waals surface area contributed by atoms with Gasteiger partial charge in [0.2, 0.25) is 10.0 Å². The normalized spacial score (nSPS) is 16.3. The fourth-order valence-corrected chi connectivity index (χ4v) is 4.50. The maximum Gasteiger partial charge on any atom is 0.312 e. The Morgan fingerprint density at radius 2 is 1.77 bits per heavy atom. The smallest absolute Gasteiger partial charge is 0.312 e. The van der Waals surface area contributed by atoms with E-state index in [2.05, 4.69) is 0 Å². The van der Waals surface area contributed by atoms with Crippen molar-refractivity contribution in [3.05, 3.63) is 64.2 Å². The summed E-state index contributed by atoms with van der Waals surface area (Å²) in [5.74, 6) is 0.0479. The highest BCUT2D eigenvalue weighted by Crippen LogP contribution is 2.34. The van der Waals surface area contributed by atoms with Crippen molar-refractivity contribution in [3.63, 3.8) is 0 Å². The number of ether oxygens (including phenoxy) is 1. The first kappa shape index (κ1) is 18.3. The molecule has 0 saturated carbocycles. The molecule has 1 heterocycles. The van der Waals surface area contributed by atoms with Gasteiger partial charge in [-0.1, -0.05) is 30.3 Å². The van der Waals surface area contributed by atoms with Crippen LogP contribution in [0.4, 0.5) is 5.69 Å². The SMILES string of the molecule is C[C@H](Oc1ccc(S(=O)(=O)N2CCCC2)cc1[N+](=O)[O-])c1ccccc1. The second kappa shape index (κ2) is 7.43. The molecule has 0 spiro atoms. The Bertz CT molecular complexity index is 893. The highest BCUT2D eigenvalue weighted by molar-refractivity contribution is 7.89. The van der Waals surface area contributed by atoms with E-state index in [1.807, 2.05) is 30.3 Å². The molecule has 0 aromatic heterocycles. The standard InChI is InChI=1S/C18H20N2O5S/c1-14(15-7-3-2-4-8-15)25-18-10-9-16(13-17(18)20(21)22)26(23,24)19-11-5-6-12-19/h2-4,7-10,13-14H,5-6,11-12H2,1H3/t14-/m0/s1. The van der Waals surface area contributed by atoms with E-state index in [1.54, 1.807) is 6.92 Å². The fourth-order valence-electron chi connectivity index (χ4n) is 2.96. The van der Waals surface area contributed by atoms with Crippen LogP contribution in [0, 0.1) is 10.1 Å². The monoisotopic (exact) mass is 376 g/mol. The van der Waals surface area contributed by atoms with Crippen molar-refractivity contribution in [2.24, 2.45) is 0 Å². The van der Waals surface area contributed by atoms with Gasteiger partial charge in [0, 0.05) is 19.2 Å². The Morgan fingerprint density at radius 1 is 1.12 bits per heavy atom. The summed E-state index contributed by atoms with van der Waals surface area (Å²) < 4.78 is 32.3. The van der Waals surface area contributed by atoms with E-state index >= 15 is 0 Å². The second-order valence-electron chi connectivity index (χ2n) is 6.17. The topological polar surface area (TPSA) is 89.8 Å². The van der Waals surface area contributed by atoms with E-state index in [9.17, 15) is 18.5 Å². The van der Waals surface area contributed by atoms with Crippen LogP contribution in [0.2, 0.25) is 0 Å². The molecule has 2 aromatic carbocycles. The van der Waals surface area contributed by atoms with E-state index < -0.39 is 21.1 Å². The molecule has 1 aliphatic rings. The first-order valence-corrected chi connectivity index (χ1v) is 9.84. The van der Waals surface area contributed by atoms with Crippen molar-refractivity contribution < 1.29 is 18.1 Å². The summed E-state index contributed by atoms with van der Waals surface area (Å²) in [6, 6.07) is 13.1. The Morgan fingerprint density at radius 3 is 2.38 bits per heavy atom. The summed E-state index contributed by atoms with van der Waals surface area (Å²) in [6.07, 6.45) is 1.20. The Labute approximate surface area is 152 Å². The van der Waals surface area contributed by atoms with Gasteiger partial charge in [0.05, 0.1) is 9.82 Å². The lowest BCUT2D eigenvalue weighted by atomic mass is 10.1. The highest BCUT2D eigenvalue weighted by atomic mass is 32.2. The number of nitrogens with zero attached hydrogens (tertiary/aromatic N) is 2. The molecule has 1 aliphatic heterocycles. The van der Waals surface area contributed by atoms with Crippen molar-refractivity contribution in [3.8, 4) is 5.75 Å². The number of hydrogen-bond donors (Lipinski definition) is 0. The molecule has 0 N–H and O–H groups in total. The predicted octanol–water partition coefficient (Wildman–Crippen LogP) is 3.52. The molecule has 0 bridgehead atoms. The van der Waals surface area contributed by atoms with Gasteiger partial charge < -0.3 is 4.74 Å². The van der Waals surface area contributed by atoms with Crippen LogP contribution >= 0.6 is 0 Å². The fraction of sp³-hybridized carbons (Fsp3) is 0.333. The maximum absolute atomic E-state index is 12.6. The van der Waals surface area contributed by atoms with Gasteiger partial charge in [-0.3, -0.25) is 10.1 Å². The van der Waals surface area contributed by atoms with Crippen LogP contribution in [0.3, 0.4) is 0 Å². The van der Waals surface area contributed by atoms with Crippen LogP contribution in [-0.2, 0) is 10.0 Å². The van der Waals surface area contributed by atoms with Gasteiger partial charge >= 0.3 is 5.69 Å². The summed E-state index contributed by atoms with van der Waals surface area (Å²) in [7, 11) is -3.72. The molecular weight excluding hydrogens is 356 g/mol.